The number of nitrogens with zero attached hydrogens (tertiary/aromatic N) is 1. The number of nitrogens with one attached hydrogen (secondary N) is 1. The summed E-state index contributed by atoms with van der Waals surface area (Å²) >= 11 is 0. The standard InChI is InChI=1S/C16H25N3O2/c1-21-15-5-4-13(16(17)18)9-14(15)11-19-7-2-3-12(10-19)6-8-20/h4-5,9,12,20H,2-3,6-8,10-11H2,1H3,(H3,17,18). The first-order chi connectivity index (χ1) is 10.1. The topological polar surface area (TPSA) is 82.6 Å². The Labute approximate surface area is 126 Å². The number of likely N-dealkylation sites (tertiary alicyclic amines) is 1. The molecule has 0 bridgehead atoms. The average Bonchev–Trinajstić information content (AvgIpc) is 2.48. The van der Waals surface area contributed by atoms with Crippen LogP contribution in [-0.2, 0) is 6.54 Å². The van der Waals surface area contributed by atoms with Gasteiger partial charge in [0.2, 0.25) is 0 Å². The van der Waals surface area contributed by atoms with Gasteiger partial charge in [-0.05, 0) is 49.9 Å². The van der Waals surface area contributed by atoms with E-state index in [9.17, 15) is 0 Å². The predicted molar refractivity (Wildman–Crippen MR) is 83.7 cm³/mol. The van der Waals surface area contributed by atoms with Gasteiger partial charge in [0.05, 0.1) is 7.11 Å². The normalized spacial score (nSPS) is 19.4. The first-order valence-corrected chi connectivity index (χ1v) is 7.48. The first kappa shape index (κ1) is 15.8. The fraction of sp³-hybridized carbons (Fsp3) is 0.562. The summed E-state index contributed by atoms with van der Waals surface area (Å²) < 4.78 is 5.42. The summed E-state index contributed by atoms with van der Waals surface area (Å²) in [5, 5.41) is 16.7. The number of benzene rings is 1. The first-order valence-electron chi connectivity index (χ1n) is 7.48. The number of aliphatic hydroxyl groups is 1. The minimum Gasteiger partial charge on any atom is -0.496 e. The van der Waals surface area contributed by atoms with E-state index in [1.165, 1.54) is 12.8 Å². The molecule has 5 heteroatoms. The number of aliphatic hydroxyl groups excluding tert-OH is 1. The molecule has 1 aromatic rings. The Morgan fingerprint density at radius 2 is 2.33 bits per heavy atom. The minimum atomic E-state index is 0.0794. The number of ether oxygens (including phenoxy) is 1. The molecule has 116 valence electrons. The van der Waals surface area contributed by atoms with Crippen molar-refractivity contribution in [2.45, 2.75) is 25.8 Å². The van der Waals surface area contributed by atoms with Crippen molar-refractivity contribution < 1.29 is 9.84 Å². The van der Waals surface area contributed by atoms with Crippen LogP contribution in [-0.4, -0.2) is 42.6 Å². The molecule has 0 saturated carbocycles. The summed E-state index contributed by atoms with van der Waals surface area (Å²) in [7, 11) is 1.66. The van der Waals surface area contributed by atoms with Gasteiger partial charge in [0.1, 0.15) is 11.6 Å². The molecule has 1 unspecified atom stereocenters. The van der Waals surface area contributed by atoms with E-state index in [2.05, 4.69) is 4.90 Å². The van der Waals surface area contributed by atoms with Crippen molar-refractivity contribution in [2.24, 2.45) is 11.7 Å². The van der Waals surface area contributed by atoms with Gasteiger partial charge in [-0.3, -0.25) is 10.3 Å². The lowest BCUT2D eigenvalue weighted by Gasteiger charge is -2.32. The third-order valence-electron chi connectivity index (χ3n) is 4.13. The zero-order chi connectivity index (χ0) is 15.2. The molecule has 0 aliphatic carbocycles. The molecule has 1 fully saturated rings. The van der Waals surface area contributed by atoms with Gasteiger partial charge in [0.25, 0.3) is 0 Å². The van der Waals surface area contributed by atoms with Gasteiger partial charge in [0.15, 0.2) is 0 Å². The van der Waals surface area contributed by atoms with E-state index in [0.717, 1.165) is 42.9 Å². The predicted octanol–water partition coefficient (Wildman–Crippen LogP) is 1.57. The molecule has 0 amide bonds. The number of piperidine rings is 1. The van der Waals surface area contributed by atoms with E-state index in [4.69, 9.17) is 21.0 Å². The fourth-order valence-electron chi connectivity index (χ4n) is 3.02. The van der Waals surface area contributed by atoms with Crippen molar-refractivity contribution in [2.75, 3.05) is 26.8 Å². The van der Waals surface area contributed by atoms with Crippen LogP contribution in [0.2, 0.25) is 0 Å². The van der Waals surface area contributed by atoms with Crippen LogP contribution in [0.5, 0.6) is 5.75 Å². The molecular weight excluding hydrogens is 266 g/mol. The second kappa shape index (κ2) is 7.43. The monoisotopic (exact) mass is 291 g/mol. The molecule has 0 aromatic heterocycles. The zero-order valence-electron chi connectivity index (χ0n) is 12.6. The van der Waals surface area contributed by atoms with Crippen LogP contribution in [0.3, 0.4) is 0 Å². The van der Waals surface area contributed by atoms with Crippen LogP contribution >= 0.6 is 0 Å². The van der Waals surface area contributed by atoms with Crippen LogP contribution in [0.25, 0.3) is 0 Å². The SMILES string of the molecule is COc1ccc(C(=N)N)cc1CN1CCCC(CCO)C1. The highest BCUT2D eigenvalue weighted by molar-refractivity contribution is 5.95. The highest BCUT2D eigenvalue weighted by Gasteiger charge is 2.20. The van der Waals surface area contributed by atoms with E-state index in [0.29, 0.717) is 5.92 Å². The quantitative estimate of drug-likeness (QED) is 0.549. The maximum Gasteiger partial charge on any atom is 0.123 e. The molecular formula is C16H25N3O2. The van der Waals surface area contributed by atoms with Crippen LogP contribution in [0.1, 0.15) is 30.4 Å². The number of nitrogens with two attached hydrogens (primary N) is 1. The Hall–Kier alpha value is -1.59. The summed E-state index contributed by atoms with van der Waals surface area (Å²) in [5.74, 6) is 1.49. The number of hydrogen-bond donors (Lipinski definition) is 3. The minimum absolute atomic E-state index is 0.0794. The maximum absolute atomic E-state index is 9.10. The van der Waals surface area contributed by atoms with Crippen LogP contribution in [0.4, 0.5) is 0 Å². The number of nitrogen functional groups attached to an aromatic ring is 1. The third-order valence-corrected chi connectivity index (χ3v) is 4.13. The van der Waals surface area contributed by atoms with Crippen LogP contribution in [0.15, 0.2) is 18.2 Å². The Morgan fingerprint density at radius 3 is 3.00 bits per heavy atom. The maximum atomic E-state index is 9.10. The summed E-state index contributed by atoms with van der Waals surface area (Å²) in [5.41, 5.74) is 7.37. The second-order valence-corrected chi connectivity index (χ2v) is 5.70. The van der Waals surface area contributed by atoms with Crippen molar-refractivity contribution in [1.82, 2.24) is 4.90 Å². The van der Waals surface area contributed by atoms with Crippen molar-refractivity contribution in [3.05, 3.63) is 29.3 Å². The van der Waals surface area contributed by atoms with E-state index < -0.39 is 0 Å². The number of rotatable bonds is 6. The Balaban J connectivity index is 2.10. The van der Waals surface area contributed by atoms with Crippen LogP contribution < -0.4 is 10.5 Å². The number of methoxy groups -OCH3 is 1. The smallest absolute Gasteiger partial charge is 0.123 e. The highest BCUT2D eigenvalue weighted by atomic mass is 16.5. The summed E-state index contributed by atoms with van der Waals surface area (Å²) in [6.07, 6.45) is 3.24. The number of amidine groups is 1. The molecule has 0 radical (unpaired) electrons. The highest BCUT2D eigenvalue weighted by Crippen LogP contribution is 2.25. The lowest BCUT2D eigenvalue weighted by atomic mass is 9.94. The van der Waals surface area contributed by atoms with Crippen molar-refractivity contribution >= 4 is 5.84 Å². The molecule has 1 aliphatic heterocycles. The zero-order valence-corrected chi connectivity index (χ0v) is 12.6. The van der Waals surface area contributed by atoms with Gasteiger partial charge in [-0.25, -0.2) is 0 Å². The molecule has 1 heterocycles. The molecule has 5 nitrogen and oxygen atoms in total. The Morgan fingerprint density at radius 1 is 1.52 bits per heavy atom. The Bertz CT molecular complexity index is 488. The van der Waals surface area contributed by atoms with Gasteiger partial charge < -0.3 is 15.6 Å². The van der Waals surface area contributed by atoms with Crippen molar-refractivity contribution in [1.29, 1.82) is 5.41 Å². The number of hydrogen-bond acceptors (Lipinski definition) is 4. The van der Waals surface area contributed by atoms with Crippen molar-refractivity contribution in [3.63, 3.8) is 0 Å². The molecule has 4 N–H and O–H groups in total. The molecule has 2 rings (SSSR count). The Kier molecular flexibility index (Phi) is 5.59. The molecule has 1 aromatic carbocycles. The molecule has 21 heavy (non-hydrogen) atoms. The molecule has 0 spiro atoms. The van der Waals surface area contributed by atoms with Gasteiger partial charge in [-0.15, -0.1) is 0 Å². The van der Waals surface area contributed by atoms with Gasteiger partial charge in [-0.2, -0.15) is 0 Å². The van der Waals surface area contributed by atoms with Crippen molar-refractivity contribution in [3.8, 4) is 5.75 Å². The summed E-state index contributed by atoms with van der Waals surface area (Å²) in [6, 6.07) is 5.63. The van der Waals surface area contributed by atoms with E-state index in [1.54, 1.807) is 7.11 Å². The van der Waals surface area contributed by atoms with E-state index in [1.807, 2.05) is 18.2 Å². The van der Waals surface area contributed by atoms with Gasteiger partial charge in [-0.1, -0.05) is 0 Å². The van der Waals surface area contributed by atoms with Gasteiger partial charge in [0, 0.05) is 30.8 Å². The second-order valence-electron chi connectivity index (χ2n) is 5.70. The summed E-state index contributed by atoms with van der Waals surface area (Å²) in [6.45, 7) is 3.14. The van der Waals surface area contributed by atoms with E-state index >= 15 is 0 Å². The average molecular weight is 291 g/mol. The molecule has 1 saturated heterocycles. The molecule has 1 atom stereocenters. The largest absolute Gasteiger partial charge is 0.496 e. The van der Waals surface area contributed by atoms with Crippen LogP contribution in [0, 0.1) is 11.3 Å². The lowest BCUT2D eigenvalue weighted by molar-refractivity contribution is 0.141. The van der Waals surface area contributed by atoms with Gasteiger partial charge >= 0.3 is 0 Å². The summed E-state index contributed by atoms with van der Waals surface area (Å²) in [4.78, 5) is 2.39. The fourth-order valence-corrected chi connectivity index (χ4v) is 3.02. The van der Waals surface area contributed by atoms with E-state index in [-0.39, 0.29) is 12.4 Å². The third kappa shape index (κ3) is 4.19. The lowest BCUT2D eigenvalue weighted by Crippen LogP contribution is -2.35. The molecule has 1 aliphatic rings.